The van der Waals surface area contributed by atoms with Gasteiger partial charge in [-0.2, -0.15) is 0 Å². The molecule has 24 heavy (non-hydrogen) atoms. The van der Waals surface area contributed by atoms with E-state index >= 15 is 0 Å². The highest BCUT2D eigenvalue weighted by Crippen LogP contribution is 2.45. The molecule has 1 aliphatic rings. The van der Waals surface area contributed by atoms with Gasteiger partial charge in [0.25, 0.3) is 0 Å². The third-order valence-electron chi connectivity index (χ3n) is 4.14. The predicted octanol–water partition coefficient (Wildman–Crippen LogP) is 2.20. The summed E-state index contributed by atoms with van der Waals surface area (Å²) in [6, 6.07) is 15.8. The molecule has 0 fully saturated rings. The molecule has 3 rings (SSSR count). The van der Waals surface area contributed by atoms with Crippen LogP contribution in [0, 0.1) is 0 Å². The molecule has 6 heteroatoms. The molecule has 6 nitrogen and oxygen atoms in total. The van der Waals surface area contributed by atoms with Crippen LogP contribution in [0.4, 0.5) is 4.79 Å². The van der Waals surface area contributed by atoms with Crippen molar-refractivity contribution in [3.63, 3.8) is 0 Å². The molecule has 0 aromatic heterocycles. The van der Waals surface area contributed by atoms with Crippen LogP contribution < -0.4 is 11.3 Å². The summed E-state index contributed by atoms with van der Waals surface area (Å²) in [5.41, 5.74) is 6.14. The lowest BCUT2D eigenvalue weighted by atomic mass is 10.1. The van der Waals surface area contributed by atoms with Crippen molar-refractivity contribution in [3.8, 4) is 11.1 Å². The highest BCUT2D eigenvalue weighted by molar-refractivity contribution is 5.80. The Bertz CT molecular complexity index is 730. The molecule has 0 saturated heterocycles. The van der Waals surface area contributed by atoms with E-state index in [2.05, 4.69) is 0 Å². The maximum atomic E-state index is 12.4. The van der Waals surface area contributed by atoms with Crippen molar-refractivity contribution in [2.45, 2.75) is 12.5 Å². The van der Waals surface area contributed by atoms with Gasteiger partial charge in [0.15, 0.2) is 6.10 Å². The molecule has 124 valence electrons. The Morgan fingerprint density at radius 3 is 2.17 bits per heavy atom. The lowest BCUT2D eigenvalue weighted by Crippen LogP contribution is -2.35. The minimum Gasteiger partial charge on any atom is -0.436 e. The van der Waals surface area contributed by atoms with E-state index in [4.69, 9.17) is 10.6 Å². The van der Waals surface area contributed by atoms with Crippen LogP contribution in [0.5, 0.6) is 0 Å². The quantitative estimate of drug-likeness (QED) is 0.513. The van der Waals surface area contributed by atoms with Gasteiger partial charge in [-0.3, -0.25) is 10.2 Å². The van der Waals surface area contributed by atoms with Crippen molar-refractivity contribution in [1.82, 2.24) is 10.3 Å². The minimum absolute atomic E-state index is 0.125. The largest absolute Gasteiger partial charge is 0.436 e. The fourth-order valence-electron chi connectivity index (χ4n) is 2.86. The van der Waals surface area contributed by atoms with Crippen LogP contribution in [0.2, 0.25) is 0 Å². The van der Waals surface area contributed by atoms with Crippen LogP contribution in [0.3, 0.4) is 0 Å². The smallest absolute Gasteiger partial charge is 0.410 e. The summed E-state index contributed by atoms with van der Waals surface area (Å²) in [4.78, 5) is 24.9. The van der Waals surface area contributed by atoms with E-state index in [1.165, 1.54) is 4.90 Å². The van der Waals surface area contributed by atoms with Gasteiger partial charge in [0.05, 0.1) is 0 Å². The maximum Gasteiger partial charge on any atom is 0.410 e. The Morgan fingerprint density at radius 2 is 1.62 bits per heavy atom. The molecule has 0 atom stereocenters. The Labute approximate surface area is 140 Å². The van der Waals surface area contributed by atoms with Gasteiger partial charge in [-0.25, -0.2) is 10.6 Å². The first-order valence-corrected chi connectivity index (χ1v) is 7.71. The third kappa shape index (κ3) is 2.96. The summed E-state index contributed by atoms with van der Waals surface area (Å²) < 4.78 is 5.72. The summed E-state index contributed by atoms with van der Waals surface area (Å²) in [5, 5.41) is 0. The van der Waals surface area contributed by atoms with Gasteiger partial charge < -0.3 is 9.64 Å². The van der Waals surface area contributed by atoms with Crippen molar-refractivity contribution in [2.75, 3.05) is 13.6 Å². The normalized spacial score (nSPS) is 12.2. The number of fused-ring (bicyclic) bond motifs is 3. The second kappa shape index (κ2) is 6.72. The average Bonchev–Trinajstić information content (AvgIpc) is 2.93. The first-order valence-electron chi connectivity index (χ1n) is 7.71. The Hall–Kier alpha value is -2.86. The number of nitrogens with two attached hydrogens (primary N) is 1. The molecule has 0 aliphatic heterocycles. The number of carbonyl (C=O) groups is 2. The van der Waals surface area contributed by atoms with Crippen molar-refractivity contribution < 1.29 is 14.3 Å². The summed E-state index contributed by atoms with van der Waals surface area (Å²) in [5.74, 6) is 4.71. The highest BCUT2D eigenvalue weighted by Gasteiger charge is 2.31. The van der Waals surface area contributed by atoms with Crippen LogP contribution in [0.25, 0.3) is 11.1 Å². The summed E-state index contributed by atoms with van der Waals surface area (Å²) in [6.45, 7) is 0.234. The molecule has 0 bridgehead atoms. The van der Waals surface area contributed by atoms with E-state index in [-0.39, 0.29) is 18.9 Å². The molecule has 0 heterocycles. The third-order valence-corrected chi connectivity index (χ3v) is 4.14. The Morgan fingerprint density at radius 1 is 1.08 bits per heavy atom. The van der Waals surface area contributed by atoms with Crippen LogP contribution in [0.1, 0.15) is 23.7 Å². The zero-order chi connectivity index (χ0) is 17.1. The number of rotatable bonds is 4. The molecule has 2 aromatic carbocycles. The summed E-state index contributed by atoms with van der Waals surface area (Å²) >= 11 is 0. The fourth-order valence-corrected chi connectivity index (χ4v) is 2.86. The van der Waals surface area contributed by atoms with Crippen molar-refractivity contribution in [3.05, 3.63) is 59.7 Å². The van der Waals surface area contributed by atoms with Crippen LogP contribution >= 0.6 is 0 Å². The first kappa shape index (κ1) is 16.0. The topological polar surface area (TPSA) is 84.7 Å². The average molecular weight is 325 g/mol. The molecule has 3 N–H and O–H groups in total. The number of hydrazine groups is 1. The molecular formula is C18H19N3O3. The second-order valence-corrected chi connectivity index (χ2v) is 5.68. The van der Waals surface area contributed by atoms with Gasteiger partial charge in [0.2, 0.25) is 5.91 Å². The van der Waals surface area contributed by atoms with E-state index in [1.807, 2.05) is 54.0 Å². The lowest BCUT2D eigenvalue weighted by molar-refractivity contribution is -0.121. The SMILES string of the molecule is CN(CCC(=O)NN)C(=O)OC1c2ccccc2-c2ccccc21. The van der Waals surface area contributed by atoms with E-state index in [0.717, 1.165) is 22.3 Å². The van der Waals surface area contributed by atoms with Gasteiger partial charge in [0.1, 0.15) is 0 Å². The number of hydrogen-bond acceptors (Lipinski definition) is 4. The van der Waals surface area contributed by atoms with Gasteiger partial charge in [-0.1, -0.05) is 48.5 Å². The second-order valence-electron chi connectivity index (χ2n) is 5.68. The van der Waals surface area contributed by atoms with Crippen molar-refractivity contribution >= 4 is 12.0 Å². The minimum atomic E-state index is -0.476. The van der Waals surface area contributed by atoms with E-state index in [1.54, 1.807) is 7.05 Å². The monoisotopic (exact) mass is 325 g/mol. The Kier molecular flexibility index (Phi) is 4.48. The molecule has 0 radical (unpaired) electrons. The van der Waals surface area contributed by atoms with Gasteiger partial charge in [-0.15, -0.1) is 0 Å². The number of benzene rings is 2. The highest BCUT2D eigenvalue weighted by atomic mass is 16.6. The molecule has 2 aromatic rings. The van der Waals surface area contributed by atoms with Crippen LogP contribution in [-0.2, 0) is 9.53 Å². The van der Waals surface area contributed by atoms with Crippen LogP contribution in [0.15, 0.2) is 48.5 Å². The first-order chi connectivity index (χ1) is 11.6. The van der Waals surface area contributed by atoms with E-state index < -0.39 is 12.2 Å². The van der Waals surface area contributed by atoms with Gasteiger partial charge in [-0.05, 0) is 11.1 Å². The number of nitrogens with zero attached hydrogens (tertiary/aromatic N) is 1. The standard InChI is InChI=1S/C18H19N3O3/c1-21(11-10-16(22)20-19)18(23)24-17-14-8-4-2-6-12(14)13-7-3-5-9-15(13)17/h2-9,17H,10-11,19H2,1H3,(H,20,22). The number of ether oxygens (including phenoxy) is 1. The Balaban J connectivity index is 1.77. The predicted molar refractivity (Wildman–Crippen MR) is 89.8 cm³/mol. The molecule has 2 amide bonds. The van der Waals surface area contributed by atoms with Gasteiger partial charge in [0, 0.05) is 31.1 Å². The number of nitrogens with one attached hydrogen (secondary N) is 1. The maximum absolute atomic E-state index is 12.4. The summed E-state index contributed by atoms with van der Waals surface area (Å²) in [6.07, 6.45) is -0.785. The molecular weight excluding hydrogens is 306 g/mol. The summed E-state index contributed by atoms with van der Waals surface area (Å²) in [7, 11) is 1.60. The van der Waals surface area contributed by atoms with Crippen molar-refractivity contribution in [2.24, 2.45) is 5.84 Å². The molecule has 0 unspecified atom stereocenters. The molecule has 1 aliphatic carbocycles. The fraction of sp³-hybridized carbons (Fsp3) is 0.222. The van der Waals surface area contributed by atoms with Crippen molar-refractivity contribution in [1.29, 1.82) is 0 Å². The van der Waals surface area contributed by atoms with E-state index in [0.29, 0.717) is 0 Å². The number of carbonyl (C=O) groups excluding carboxylic acids is 2. The van der Waals surface area contributed by atoms with E-state index in [9.17, 15) is 9.59 Å². The zero-order valence-electron chi connectivity index (χ0n) is 13.4. The number of amides is 2. The van der Waals surface area contributed by atoms with Crippen LogP contribution in [-0.4, -0.2) is 30.5 Å². The lowest BCUT2D eigenvalue weighted by Gasteiger charge is -2.21. The molecule has 0 saturated carbocycles. The molecule has 0 spiro atoms. The van der Waals surface area contributed by atoms with Gasteiger partial charge >= 0.3 is 6.09 Å². The number of hydrogen-bond donors (Lipinski definition) is 2. The zero-order valence-corrected chi connectivity index (χ0v) is 13.4.